The molecule has 3 atom stereocenters. The van der Waals surface area contributed by atoms with Gasteiger partial charge >= 0.3 is 0 Å². The summed E-state index contributed by atoms with van der Waals surface area (Å²) >= 11 is 0. The van der Waals surface area contributed by atoms with Gasteiger partial charge in [0.25, 0.3) is 0 Å². The SMILES string of the molecule is NC1CC(=O)N2C(Cc3c([nH]c4ccccc34)C2c2ccc3c(c2)OCO3)C1=O. The topological polar surface area (TPSA) is 97.7 Å². The second-order valence-corrected chi connectivity index (χ2v) is 7.81. The summed E-state index contributed by atoms with van der Waals surface area (Å²) in [5.74, 6) is 1.15. The van der Waals surface area contributed by atoms with E-state index in [1.165, 1.54) is 0 Å². The molecule has 1 amide bonds. The maximum Gasteiger partial charge on any atom is 0.231 e. The molecule has 3 aliphatic rings. The minimum atomic E-state index is -0.743. The highest BCUT2D eigenvalue weighted by Crippen LogP contribution is 2.45. The molecule has 6 rings (SSSR count). The third-order valence-electron chi connectivity index (χ3n) is 6.22. The van der Waals surface area contributed by atoms with Crippen molar-refractivity contribution in [3.63, 3.8) is 0 Å². The minimum absolute atomic E-state index is 0.0337. The Labute approximate surface area is 166 Å². The molecule has 7 nitrogen and oxygen atoms in total. The van der Waals surface area contributed by atoms with Crippen LogP contribution in [0.3, 0.4) is 0 Å². The van der Waals surface area contributed by atoms with Crippen LogP contribution >= 0.6 is 0 Å². The highest BCUT2D eigenvalue weighted by Gasteiger charge is 2.48. The van der Waals surface area contributed by atoms with Crippen LogP contribution in [-0.4, -0.2) is 40.5 Å². The third-order valence-corrected chi connectivity index (χ3v) is 6.22. The van der Waals surface area contributed by atoms with Gasteiger partial charge in [-0.2, -0.15) is 0 Å². The fourth-order valence-corrected chi connectivity index (χ4v) is 4.89. The van der Waals surface area contributed by atoms with Gasteiger partial charge in [0.15, 0.2) is 17.3 Å². The van der Waals surface area contributed by atoms with Gasteiger partial charge in [0, 0.05) is 29.4 Å². The van der Waals surface area contributed by atoms with E-state index in [4.69, 9.17) is 15.2 Å². The zero-order valence-corrected chi connectivity index (χ0v) is 15.6. The number of carbonyl (C=O) groups is 2. The van der Waals surface area contributed by atoms with E-state index in [1.807, 2.05) is 42.5 Å². The van der Waals surface area contributed by atoms with E-state index in [2.05, 4.69) is 4.98 Å². The number of Topliss-reactive ketones (excluding diaryl/α,β-unsaturated/α-hetero) is 1. The standard InChI is InChI=1S/C22H19N3O4/c23-14-9-19(26)25-16(22(14)27)8-13-12-3-1-2-4-15(12)24-20(13)21(25)11-5-6-17-18(7-11)29-10-28-17/h1-7,14,16,21,24H,8-10,23H2. The summed E-state index contributed by atoms with van der Waals surface area (Å²) in [4.78, 5) is 31.2. The first-order valence-electron chi connectivity index (χ1n) is 9.71. The van der Waals surface area contributed by atoms with Crippen LogP contribution in [0.2, 0.25) is 0 Å². The van der Waals surface area contributed by atoms with Crippen molar-refractivity contribution >= 4 is 22.6 Å². The number of ether oxygens (including phenoxy) is 2. The molecule has 3 aromatic rings. The Balaban J connectivity index is 1.59. The molecule has 146 valence electrons. The molecule has 3 aliphatic heterocycles. The van der Waals surface area contributed by atoms with Crippen molar-refractivity contribution in [2.75, 3.05) is 6.79 Å². The molecule has 29 heavy (non-hydrogen) atoms. The minimum Gasteiger partial charge on any atom is -0.454 e. The van der Waals surface area contributed by atoms with Gasteiger partial charge < -0.3 is 25.1 Å². The number of benzene rings is 2. The van der Waals surface area contributed by atoms with Gasteiger partial charge in [-0.15, -0.1) is 0 Å². The first-order valence-corrected chi connectivity index (χ1v) is 9.71. The average Bonchev–Trinajstić information content (AvgIpc) is 3.34. The molecular weight excluding hydrogens is 370 g/mol. The number of H-pyrrole nitrogens is 1. The van der Waals surface area contributed by atoms with Gasteiger partial charge in [-0.3, -0.25) is 9.59 Å². The number of fused-ring (bicyclic) bond motifs is 5. The summed E-state index contributed by atoms with van der Waals surface area (Å²) < 4.78 is 11.0. The van der Waals surface area contributed by atoms with Crippen molar-refractivity contribution in [1.82, 2.24) is 9.88 Å². The molecule has 4 heterocycles. The maximum absolute atomic E-state index is 13.1. The van der Waals surface area contributed by atoms with Crippen LogP contribution in [0.1, 0.15) is 29.3 Å². The van der Waals surface area contributed by atoms with Crippen molar-refractivity contribution < 1.29 is 19.1 Å². The van der Waals surface area contributed by atoms with Gasteiger partial charge in [-0.1, -0.05) is 24.3 Å². The van der Waals surface area contributed by atoms with Crippen molar-refractivity contribution in [3.05, 3.63) is 59.3 Å². The van der Waals surface area contributed by atoms with Gasteiger partial charge in [0.2, 0.25) is 12.7 Å². The number of aromatic amines is 1. The smallest absolute Gasteiger partial charge is 0.231 e. The number of ketones is 1. The van der Waals surface area contributed by atoms with E-state index in [-0.39, 0.29) is 24.9 Å². The molecule has 7 heteroatoms. The molecule has 2 aromatic carbocycles. The number of hydrogen-bond acceptors (Lipinski definition) is 5. The number of piperidine rings is 1. The number of rotatable bonds is 1. The molecular formula is C22H19N3O4. The van der Waals surface area contributed by atoms with E-state index in [0.29, 0.717) is 17.9 Å². The van der Waals surface area contributed by atoms with E-state index < -0.39 is 18.1 Å². The summed E-state index contributed by atoms with van der Waals surface area (Å²) in [6.07, 6.45) is 0.505. The third kappa shape index (κ3) is 2.28. The van der Waals surface area contributed by atoms with Crippen LogP contribution in [0.4, 0.5) is 0 Å². The molecule has 1 aromatic heterocycles. The van der Waals surface area contributed by atoms with Crippen molar-refractivity contribution in [1.29, 1.82) is 0 Å². The molecule has 1 saturated heterocycles. The number of nitrogens with two attached hydrogens (primary N) is 1. The Hall–Kier alpha value is -3.32. The quantitative estimate of drug-likeness (QED) is 0.664. The summed E-state index contributed by atoms with van der Waals surface area (Å²) in [6.45, 7) is 0.180. The molecule has 1 fully saturated rings. The Morgan fingerprint density at radius 1 is 1.03 bits per heavy atom. The Morgan fingerprint density at radius 2 is 1.86 bits per heavy atom. The lowest BCUT2D eigenvalue weighted by molar-refractivity contribution is -0.149. The van der Waals surface area contributed by atoms with Gasteiger partial charge in [0.05, 0.1) is 18.1 Å². The largest absolute Gasteiger partial charge is 0.454 e. The lowest BCUT2D eigenvalue weighted by Gasteiger charge is -2.45. The summed E-state index contributed by atoms with van der Waals surface area (Å²) in [7, 11) is 0. The number of para-hydroxylation sites is 1. The number of amides is 1. The van der Waals surface area contributed by atoms with Crippen LogP contribution in [0.5, 0.6) is 11.5 Å². The van der Waals surface area contributed by atoms with Gasteiger partial charge in [0.1, 0.15) is 0 Å². The molecule has 0 saturated carbocycles. The molecule has 0 radical (unpaired) electrons. The number of nitrogens with zero attached hydrogens (tertiary/aromatic N) is 1. The molecule has 0 bridgehead atoms. The number of carbonyl (C=O) groups excluding carboxylic acids is 2. The lowest BCUT2D eigenvalue weighted by Crippen LogP contribution is -2.60. The highest BCUT2D eigenvalue weighted by molar-refractivity contribution is 6.01. The summed E-state index contributed by atoms with van der Waals surface area (Å²) in [6, 6.07) is 12.0. The Morgan fingerprint density at radius 3 is 2.76 bits per heavy atom. The van der Waals surface area contributed by atoms with E-state index in [1.54, 1.807) is 4.90 Å². The molecule has 0 aliphatic carbocycles. The molecule has 0 spiro atoms. The van der Waals surface area contributed by atoms with E-state index in [0.717, 1.165) is 27.7 Å². The van der Waals surface area contributed by atoms with Crippen molar-refractivity contribution in [2.45, 2.75) is 31.0 Å². The Bertz CT molecular complexity index is 1180. The second kappa shape index (κ2) is 5.84. The monoisotopic (exact) mass is 389 g/mol. The second-order valence-electron chi connectivity index (χ2n) is 7.81. The van der Waals surface area contributed by atoms with Gasteiger partial charge in [-0.05, 0) is 29.3 Å². The van der Waals surface area contributed by atoms with Crippen LogP contribution in [-0.2, 0) is 16.0 Å². The van der Waals surface area contributed by atoms with Crippen LogP contribution in [0.25, 0.3) is 10.9 Å². The molecule has 3 unspecified atom stereocenters. The van der Waals surface area contributed by atoms with Crippen molar-refractivity contribution in [2.24, 2.45) is 5.73 Å². The first kappa shape index (κ1) is 16.6. The zero-order valence-electron chi connectivity index (χ0n) is 15.6. The lowest BCUT2D eigenvalue weighted by atomic mass is 9.81. The van der Waals surface area contributed by atoms with E-state index >= 15 is 0 Å². The number of aromatic nitrogens is 1. The predicted octanol–water partition coefficient (Wildman–Crippen LogP) is 2.04. The number of hydrogen-bond donors (Lipinski definition) is 2. The number of nitrogens with one attached hydrogen (secondary N) is 1. The van der Waals surface area contributed by atoms with Gasteiger partial charge in [-0.25, -0.2) is 0 Å². The predicted molar refractivity (Wildman–Crippen MR) is 105 cm³/mol. The fraction of sp³-hybridized carbons (Fsp3) is 0.273. The Kier molecular flexibility index (Phi) is 3.35. The van der Waals surface area contributed by atoms with E-state index in [9.17, 15) is 9.59 Å². The van der Waals surface area contributed by atoms with Crippen LogP contribution < -0.4 is 15.2 Å². The average molecular weight is 389 g/mol. The maximum atomic E-state index is 13.1. The van der Waals surface area contributed by atoms with Crippen LogP contribution in [0.15, 0.2) is 42.5 Å². The zero-order chi connectivity index (χ0) is 19.7. The summed E-state index contributed by atoms with van der Waals surface area (Å²) in [5.41, 5.74) is 9.88. The first-order chi connectivity index (χ1) is 14.1. The van der Waals surface area contributed by atoms with Crippen LogP contribution in [0, 0.1) is 0 Å². The normalized spacial score (nSPS) is 25.3. The van der Waals surface area contributed by atoms with Crippen molar-refractivity contribution in [3.8, 4) is 11.5 Å². The highest BCUT2D eigenvalue weighted by atomic mass is 16.7. The molecule has 3 N–H and O–H groups in total. The summed E-state index contributed by atoms with van der Waals surface area (Å²) in [5, 5.41) is 1.08. The fourth-order valence-electron chi connectivity index (χ4n) is 4.89.